The molecule has 24 heavy (non-hydrogen) atoms. The maximum atomic E-state index is 10.0. The number of rotatable bonds is 3. The molecule has 1 aromatic carbocycles. The van der Waals surface area contributed by atoms with Gasteiger partial charge >= 0.3 is 0 Å². The third-order valence-corrected chi connectivity index (χ3v) is 4.06. The number of fused-ring (bicyclic) bond motifs is 1. The number of nitrogens with one attached hydrogen (secondary N) is 2. The first kappa shape index (κ1) is 14.9. The second-order valence-corrected chi connectivity index (χ2v) is 5.77. The van der Waals surface area contributed by atoms with Crippen molar-refractivity contribution < 1.29 is 14.9 Å². The largest absolute Gasteiger partial charge is 0.492 e. The Kier molecular flexibility index (Phi) is 3.75. The molecule has 1 fully saturated rings. The van der Waals surface area contributed by atoms with E-state index in [9.17, 15) is 10.2 Å². The van der Waals surface area contributed by atoms with Gasteiger partial charge in [-0.1, -0.05) is 6.07 Å². The van der Waals surface area contributed by atoms with Crippen LogP contribution < -0.4 is 15.9 Å². The van der Waals surface area contributed by atoms with Crippen LogP contribution in [0, 0.1) is 0 Å². The molecule has 0 saturated carbocycles. The molecule has 3 heterocycles. The molecule has 0 spiro atoms. The van der Waals surface area contributed by atoms with Crippen molar-refractivity contribution in [2.24, 2.45) is 9.98 Å². The van der Waals surface area contributed by atoms with Gasteiger partial charge in [0, 0.05) is 6.61 Å². The summed E-state index contributed by atoms with van der Waals surface area (Å²) < 4.78 is 5.34. The standard InChI is InChI=1S/C16H17N5O3/c22-14-3-4-24-7-13(14)20-16-19-12(15(23)21-16)6-9-1-2-10-11(5-9)18-8-17-10/h1-2,5-6,8,13-14,22-23H,3-4,7H2,(H2,19,20,21)/t13-,14-/m1/s1. The Morgan fingerprint density at radius 2 is 2.29 bits per heavy atom. The fourth-order valence-corrected chi connectivity index (χ4v) is 2.75. The van der Waals surface area contributed by atoms with Gasteiger partial charge in [0.25, 0.3) is 0 Å². The number of aromatic amines is 1. The predicted octanol–water partition coefficient (Wildman–Crippen LogP) is -0.201. The lowest BCUT2D eigenvalue weighted by Gasteiger charge is -2.28. The van der Waals surface area contributed by atoms with E-state index >= 15 is 0 Å². The molecule has 8 heteroatoms. The number of aromatic hydroxyl groups is 1. The zero-order valence-corrected chi connectivity index (χ0v) is 12.8. The highest BCUT2D eigenvalue weighted by Gasteiger charge is 2.24. The van der Waals surface area contributed by atoms with Gasteiger partial charge in [-0.2, -0.15) is 4.98 Å². The Bertz CT molecular complexity index is 905. The predicted molar refractivity (Wildman–Crippen MR) is 88.0 cm³/mol. The fourth-order valence-electron chi connectivity index (χ4n) is 2.75. The molecular weight excluding hydrogens is 310 g/mol. The van der Waals surface area contributed by atoms with E-state index in [0.29, 0.717) is 31.3 Å². The minimum Gasteiger partial charge on any atom is -0.492 e. The molecule has 0 bridgehead atoms. The summed E-state index contributed by atoms with van der Waals surface area (Å²) in [7, 11) is 0. The summed E-state index contributed by atoms with van der Waals surface area (Å²) in [6.07, 6.45) is 3.36. The number of H-pyrrole nitrogens is 1. The molecule has 1 saturated heterocycles. The van der Waals surface area contributed by atoms with Crippen molar-refractivity contribution in [1.82, 2.24) is 9.97 Å². The number of aliphatic hydroxyl groups excluding tert-OH is 1. The zero-order valence-electron chi connectivity index (χ0n) is 12.8. The average Bonchev–Trinajstić information content (AvgIpc) is 3.16. The lowest BCUT2D eigenvalue weighted by atomic mass is 10.1. The second kappa shape index (κ2) is 6.06. The summed E-state index contributed by atoms with van der Waals surface area (Å²) in [5.74, 6) is 0.278. The van der Waals surface area contributed by atoms with Crippen molar-refractivity contribution in [1.29, 1.82) is 0 Å². The molecule has 0 amide bonds. The highest BCUT2D eigenvalue weighted by molar-refractivity contribution is 5.67. The van der Waals surface area contributed by atoms with E-state index < -0.39 is 6.10 Å². The zero-order chi connectivity index (χ0) is 16.5. The van der Waals surface area contributed by atoms with E-state index in [-0.39, 0.29) is 11.9 Å². The van der Waals surface area contributed by atoms with Crippen LogP contribution in [0.3, 0.4) is 0 Å². The lowest BCUT2D eigenvalue weighted by molar-refractivity contribution is 0.00294. The molecular formula is C16H17N5O3. The molecule has 4 rings (SSSR count). The van der Waals surface area contributed by atoms with E-state index in [2.05, 4.69) is 25.3 Å². The third-order valence-electron chi connectivity index (χ3n) is 4.06. The number of aliphatic hydroxyl groups is 1. The molecule has 4 N–H and O–H groups in total. The third kappa shape index (κ3) is 2.89. The molecule has 2 aliphatic rings. The first-order valence-electron chi connectivity index (χ1n) is 7.72. The van der Waals surface area contributed by atoms with Crippen LogP contribution in [0.15, 0.2) is 28.2 Å². The number of aliphatic imine (C=N–C) groups is 1. The molecule has 8 nitrogen and oxygen atoms in total. The maximum Gasteiger partial charge on any atom is 0.238 e. The van der Waals surface area contributed by atoms with Crippen molar-refractivity contribution in [3.63, 3.8) is 0 Å². The number of ether oxygens (including phenoxy) is 1. The van der Waals surface area contributed by atoms with Crippen molar-refractivity contribution in [2.45, 2.75) is 18.6 Å². The van der Waals surface area contributed by atoms with Crippen LogP contribution in [0.4, 0.5) is 11.6 Å². The van der Waals surface area contributed by atoms with Gasteiger partial charge in [-0.15, -0.1) is 0 Å². The van der Waals surface area contributed by atoms with Crippen molar-refractivity contribution in [3.05, 3.63) is 34.5 Å². The number of aromatic nitrogens is 2. The van der Waals surface area contributed by atoms with Gasteiger partial charge in [0.15, 0.2) is 0 Å². The summed E-state index contributed by atoms with van der Waals surface area (Å²) in [5, 5.41) is 24.7. The summed E-state index contributed by atoms with van der Waals surface area (Å²) in [6.45, 7) is 0.947. The summed E-state index contributed by atoms with van der Waals surface area (Å²) in [6, 6.07) is 5.39. The molecule has 2 aliphatic heterocycles. The molecule has 0 unspecified atom stereocenters. The minimum atomic E-state index is -0.503. The quantitative estimate of drug-likeness (QED) is 0.623. The van der Waals surface area contributed by atoms with E-state index in [0.717, 1.165) is 16.3 Å². The Hall–Kier alpha value is -2.71. The van der Waals surface area contributed by atoms with Crippen LogP contribution in [-0.2, 0) is 4.74 Å². The Balaban J connectivity index is 1.58. The molecule has 124 valence electrons. The monoisotopic (exact) mass is 327 g/mol. The lowest BCUT2D eigenvalue weighted by Crippen LogP contribution is -2.42. The maximum absolute atomic E-state index is 10.0. The summed E-state index contributed by atoms with van der Waals surface area (Å²) >= 11 is 0. The Morgan fingerprint density at radius 1 is 1.38 bits per heavy atom. The Labute approximate surface area is 137 Å². The van der Waals surface area contributed by atoms with Gasteiger partial charge in [0.05, 0.1) is 29.8 Å². The highest BCUT2D eigenvalue weighted by atomic mass is 16.5. The topological polar surface area (TPSA) is 115 Å². The SMILES string of the molecule is Oc1nc(N[C@@H]2COCC[C@H]2O)[nH]c1C=c1ccc2c(c1)N=CN=2. The summed E-state index contributed by atoms with van der Waals surface area (Å²) in [4.78, 5) is 15.3. The van der Waals surface area contributed by atoms with Crippen LogP contribution in [0.1, 0.15) is 12.1 Å². The highest BCUT2D eigenvalue weighted by Crippen LogP contribution is 2.19. The number of anilines is 1. The fraction of sp³-hybridized carbons (Fsp3) is 0.312. The average molecular weight is 327 g/mol. The van der Waals surface area contributed by atoms with E-state index in [1.807, 2.05) is 18.2 Å². The van der Waals surface area contributed by atoms with Crippen LogP contribution in [0.5, 0.6) is 5.88 Å². The van der Waals surface area contributed by atoms with Gasteiger partial charge in [0.1, 0.15) is 12.0 Å². The number of nitrogens with zero attached hydrogens (tertiary/aromatic N) is 3. The van der Waals surface area contributed by atoms with Crippen LogP contribution in [-0.4, -0.2) is 51.9 Å². The Morgan fingerprint density at radius 3 is 3.17 bits per heavy atom. The number of hydrogen-bond donors (Lipinski definition) is 4. The first-order chi connectivity index (χ1) is 11.7. The van der Waals surface area contributed by atoms with Crippen LogP contribution in [0.2, 0.25) is 0 Å². The minimum absolute atomic E-state index is 0.114. The van der Waals surface area contributed by atoms with Crippen molar-refractivity contribution in [2.75, 3.05) is 18.5 Å². The van der Waals surface area contributed by atoms with E-state index in [1.165, 1.54) is 6.34 Å². The van der Waals surface area contributed by atoms with Gasteiger partial charge in [-0.3, -0.25) is 0 Å². The molecule has 0 radical (unpaired) electrons. The van der Waals surface area contributed by atoms with Crippen molar-refractivity contribution >= 4 is 24.1 Å². The first-order valence-corrected chi connectivity index (χ1v) is 7.72. The molecule has 1 aromatic heterocycles. The molecule has 2 atom stereocenters. The van der Waals surface area contributed by atoms with Crippen LogP contribution >= 0.6 is 0 Å². The number of hydrogen-bond acceptors (Lipinski definition) is 7. The number of imidazole rings is 1. The number of benzene rings is 1. The molecule has 2 aromatic rings. The van der Waals surface area contributed by atoms with Gasteiger partial charge < -0.3 is 25.3 Å². The van der Waals surface area contributed by atoms with E-state index in [4.69, 9.17) is 4.74 Å². The smallest absolute Gasteiger partial charge is 0.238 e. The van der Waals surface area contributed by atoms with E-state index in [1.54, 1.807) is 6.08 Å². The summed E-state index contributed by atoms with van der Waals surface area (Å²) in [5.41, 5.74) is 1.27. The van der Waals surface area contributed by atoms with Gasteiger partial charge in [0.2, 0.25) is 11.8 Å². The van der Waals surface area contributed by atoms with Gasteiger partial charge in [-0.05, 0) is 29.8 Å². The molecule has 0 aliphatic carbocycles. The normalized spacial score (nSPS) is 23.1. The van der Waals surface area contributed by atoms with Crippen LogP contribution in [0.25, 0.3) is 6.08 Å². The van der Waals surface area contributed by atoms with Gasteiger partial charge in [-0.25, -0.2) is 9.98 Å². The van der Waals surface area contributed by atoms with Crippen molar-refractivity contribution in [3.8, 4) is 5.88 Å². The second-order valence-electron chi connectivity index (χ2n) is 5.77.